The maximum absolute atomic E-state index is 8.44. The van der Waals surface area contributed by atoms with Crippen molar-refractivity contribution in [2.45, 2.75) is 19.6 Å². The first-order valence-electron chi connectivity index (χ1n) is 2.02. The third kappa shape index (κ3) is 6.14. The molecule has 0 heterocycles. The van der Waals surface area contributed by atoms with E-state index in [4.69, 9.17) is 5.11 Å². The smallest absolute Gasteiger partial charge is 0.153 e. The fraction of sp³-hybridized carbons (Fsp3) is 1.00. The number of hydrogen-bond acceptors (Lipinski definition) is 2. The van der Waals surface area contributed by atoms with Crippen LogP contribution < -0.4 is 0 Å². The summed E-state index contributed by atoms with van der Waals surface area (Å²) in [6.45, 7) is 1.86. The molecule has 4 radical (unpaired) electrons. The maximum atomic E-state index is 8.44. The molecule has 0 aromatic heterocycles. The fourth-order valence-electron chi connectivity index (χ4n) is 0.167. The van der Waals surface area contributed by atoms with Crippen LogP contribution in [0, 0.1) is 0 Å². The van der Waals surface area contributed by atoms with Crippen LogP contribution in [0.2, 0.25) is 0 Å². The fourth-order valence-corrected chi connectivity index (χ4v) is 0.167. The zero-order valence-corrected chi connectivity index (χ0v) is 5.64. The van der Waals surface area contributed by atoms with Crippen molar-refractivity contribution in [3.8, 4) is 0 Å². The van der Waals surface area contributed by atoms with E-state index in [9.17, 15) is 0 Å². The minimum Gasteiger partial charge on any atom is -0.368 e. The highest BCUT2D eigenvalue weighted by atomic mass is 28.1. The summed E-state index contributed by atoms with van der Waals surface area (Å²) in [5.41, 5.74) is 0. The highest BCUT2D eigenvalue weighted by molar-refractivity contribution is 5.75. The molecular weight excluding hydrogens is 108 g/mol. The van der Waals surface area contributed by atoms with Crippen LogP contribution in [0.25, 0.3) is 0 Å². The van der Waals surface area contributed by atoms with Gasteiger partial charge in [0.2, 0.25) is 0 Å². The summed E-state index contributed by atoms with van der Waals surface area (Å²) in [5, 5.41) is 8.44. The number of ether oxygens (including phenoxy) is 1. The van der Waals surface area contributed by atoms with E-state index in [0.717, 1.165) is 0 Å². The van der Waals surface area contributed by atoms with Gasteiger partial charge in [-0.3, -0.25) is 0 Å². The Morgan fingerprint density at radius 1 is 1.71 bits per heavy atom. The van der Waals surface area contributed by atoms with E-state index in [1.165, 1.54) is 7.11 Å². The van der Waals surface area contributed by atoms with Gasteiger partial charge in [0, 0.05) is 18.1 Å². The molecule has 0 spiro atoms. The molecule has 0 aliphatic heterocycles. The Balaban J connectivity index is 0. The number of rotatable bonds is 2. The van der Waals surface area contributed by atoms with Gasteiger partial charge < -0.3 is 9.84 Å². The first-order valence-corrected chi connectivity index (χ1v) is 2.02. The van der Waals surface area contributed by atoms with Crippen molar-refractivity contribution in [1.82, 2.24) is 0 Å². The molecule has 1 unspecified atom stereocenters. The summed E-state index contributed by atoms with van der Waals surface area (Å²) in [5.74, 6) is 0. The van der Waals surface area contributed by atoms with E-state index in [1.54, 1.807) is 0 Å². The molecule has 0 bridgehead atoms. The molecule has 0 saturated carbocycles. The standard InChI is InChI=1S/C4H10O2.Si/c1-3-4(5)6-2;/h4-5H,3H2,1-2H3;. The number of methoxy groups -OCH3 is 1. The van der Waals surface area contributed by atoms with Crippen molar-refractivity contribution < 1.29 is 9.84 Å². The molecule has 0 aromatic carbocycles. The molecule has 0 rings (SSSR count). The lowest BCUT2D eigenvalue weighted by Crippen LogP contribution is -2.05. The Kier molecular flexibility index (Phi) is 8.93. The van der Waals surface area contributed by atoms with Gasteiger partial charge in [-0.05, 0) is 6.42 Å². The van der Waals surface area contributed by atoms with Crippen molar-refractivity contribution in [1.29, 1.82) is 0 Å². The molecule has 0 saturated heterocycles. The quantitative estimate of drug-likeness (QED) is 0.408. The summed E-state index contributed by atoms with van der Waals surface area (Å²) in [7, 11) is 1.48. The lowest BCUT2D eigenvalue weighted by atomic mass is 10.5. The zero-order valence-electron chi connectivity index (χ0n) is 4.64. The molecule has 0 aliphatic rings. The van der Waals surface area contributed by atoms with Crippen LogP contribution >= 0.6 is 0 Å². The van der Waals surface area contributed by atoms with Gasteiger partial charge in [-0.2, -0.15) is 0 Å². The molecule has 2 nitrogen and oxygen atoms in total. The maximum Gasteiger partial charge on any atom is 0.153 e. The van der Waals surface area contributed by atoms with E-state index in [-0.39, 0.29) is 11.0 Å². The SMILES string of the molecule is CCC(O)OC.[Si]. The van der Waals surface area contributed by atoms with Gasteiger partial charge in [0.05, 0.1) is 0 Å². The summed E-state index contributed by atoms with van der Waals surface area (Å²) in [6.07, 6.45) is 0.0984. The van der Waals surface area contributed by atoms with E-state index in [1.807, 2.05) is 6.92 Å². The van der Waals surface area contributed by atoms with Crippen molar-refractivity contribution in [2.24, 2.45) is 0 Å². The predicted molar refractivity (Wildman–Crippen MR) is 29.1 cm³/mol. The summed E-state index contributed by atoms with van der Waals surface area (Å²) in [4.78, 5) is 0. The largest absolute Gasteiger partial charge is 0.368 e. The average Bonchev–Trinajstić information content (AvgIpc) is 1.65. The Bertz CT molecular complexity index is 28.9. The van der Waals surface area contributed by atoms with Crippen LogP contribution in [-0.4, -0.2) is 29.5 Å². The van der Waals surface area contributed by atoms with Gasteiger partial charge in [0.15, 0.2) is 6.29 Å². The molecule has 7 heavy (non-hydrogen) atoms. The minimum absolute atomic E-state index is 0. The predicted octanol–water partition coefficient (Wildman–Crippen LogP) is -0.0196. The second-order valence-electron chi connectivity index (χ2n) is 1.10. The molecule has 3 heteroatoms. The molecule has 1 atom stereocenters. The van der Waals surface area contributed by atoms with Crippen LogP contribution in [0.4, 0.5) is 0 Å². The Hall–Kier alpha value is 0.137. The van der Waals surface area contributed by atoms with E-state index in [2.05, 4.69) is 4.74 Å². The zero-order chi connectivity index (χ0) is 4.99. The van der Waals surface area contributed by atoms with Crippen LogP contribution in [0.1, 0.15) is 13.3 Å². The number of aliphatic hydroxyl groups is 1. The number of hydrogen-bond donors (Lipinski definition) is 1. The van der Waals surface area contributed by atoms with Gasteiger partial charge >= 0.3 is 0 Å². The number of aliphatic hydroxyl groups excluding tert-OH is 1. The summed E-state index contributed by atoms with van der Waals surface area (Å²) >= 11 is 0. The van der Waals surface area contributed by atoms with Crippen LogP contribution in [-0.2, 0) is 4.74 Å². The average molecular weight is 118 g/mol. The summed E-state index contributed by atoms with van der Waals surface area (Å²) in [6, 6.07) is 0. The Morgan fingerprint density at radius 3 is 2.14 bits per heavy atom. The van der Waals surface area contributed by atoms with E-state index in [0.29, 0.717) is 6.42 Å². The highest BCUT2D eigenvalue weighted by Gasteiger charge is 1.90. The van der Waals surface area contributed by atoms with Crippen molar-refractivity contribution in [3.05, 3.63) is 0 Å². The molecule has 0 aliphatic carbocycles. The van der Waals surface area contributed by atoms with Gasteiger partial charge in [-0.15, -0.1) is 0 Å². The molecule has 42 valence electrons. The molecule has 1 N–H and O–H groups in total. The van der Waals surface area contributed by atoms with Crippen LogP contribution in [0.5, 0.6) is 0 Å². The first kappa shape index (κ1) is 10.2. The minimum atomic E-state index is -0.565. The van der Waals surface area contributed by atoms with Gasteiger partial charge in [0.25, 0.3) is 0 Å². The van der Waals surface area contributed by atoms with Gasteiger partial charge in [0.1, 0.15) is 0 Å². The van der Waals surface area contributed by atoms with E-state index < -0.39 is 6.29 Å². The monoisotopic (exact) mass is 118 g/mol. The second-order valence-corrected chi connectivity index (χ2v) is 1.10. The topological polar surface area (TPSA) is 29.5 Å². The van der Waals surface area contributed by atoms with Crippen molar-refractivity contribution >= 4 is 11.0 Å². The lowest BCUT2D eigenvalue weighted by Gasteiger charge is -2.00. The van der Waals surface area contributed by atoms with Gasteiger partial charge in [-0.1, -0.05) is 6.92 Å². The van der Waals surface area contributed by atoms with Gasteiger partial charge in [-0.25, -0.2) is 0 Å². The lowest BCUT2D eigenvalue weighted by molar-refractivity contribution is -0.0748. The van der Waals surface area contributed by atoms with Crippen LogP contribution in [0.3, 0.4) is 0 Å². The van der Waals surface area contributed by atoms with Crippen molar-refractivity contribution in [2.75, 3.05) is 7.11 Å². The molecular formula is C4H10O2Si. The Labute approximate surface area is 48.5 Å². The normalized spacial score (nSPS) is 12.4. The third-order valence-corrected chi connectivity index (χ3v) is 0.621. The third-order valence-electron chi connectivity index (χ3n) is 0.621. The molecule has 0 aromatic rings. The molecule has 0 amide bonds. The highest BCUT2D eigenvalue weighted by Crippen LogP contribution is 1.85. The summed E-state index contributed by atoms with van der Waals surface area (Å²) < 4.78 is 4.45. The van der Waals surface area contributed by atoms with E-state index >= 15 is 0 Å². The molecule has 0 fully saturated rings. The Morgan fingerprint density at radius 2 is 2.14 bits per heavy atom. The van der Waals surface area contributed by atoms with Crippen molar-refractivity contribution in [3.63, 3.8) is 0 Å². The second kappa shape index (κ2) is 6.14. The first-order chi connectivity index (χ1) is 2.81. The van der Waals surface area contributed by atoms with Crippen LogP contribution in [0.15, 0.2) is 0 Å².